The van der Waals surface area contributed by atoms with Crippen molar-refractivity contribution in [3.8, 4) is 28.6 Å². The van der Waals surface area contributed by atoms with Gasteiger partial charge in [-0.2, -0.15) is 10.4 Å². The molecule has 9 heteroatoms. The van der Waals surface area contributed by atoms with Crippen LogP contribution >= 0.6 is 0 Å². The van der Waals surface area contributed by atoms with Gasteiger partial charge in [-0.15, -0.1) is 0 Å². The first-order chi connectivity index (χ1) is 14.8. The van der Waals surface area contributed by atoms with Crippen LogP contribution in [0.15, 0.2) is 43.0 Å². The maximum atomic E-state index is 8.75. The van der Waals surface area contributed by atoms with Gasteiger partial charge in [0.15, 0.2) is 0 Å². The maximum absolute atomic E-state index is 8.75. The van der Waals surface area contributed by atoms with Gasteiger partial charge in [0.1, 0.15) is 11.3 Å². The summed E-state index contributed by atoms with van der Waals surface area (Å²) < 4.78 is 7.53. The van der Waals surface area contributed by atoms with E-state index in [0.29, 0.717) is 25.5 Å². The van der Waals surface area contributed by atoms with Crippen LogP contribution in [0.4, 0.5) is 5.95 Å². The number of aromatic nitrogens is 6. The van der Waals surface area contributed by atoms with Crippen LogP contribution in [0, 0.1) is 11.3 Å². The van der Waals surface area contributed by atoms with Crippen LogP contribution in [0.5, 0.6) is 0 Å². The molecule has 9 nitrogen and oxygen atoms in total. The fourth-order valence-corrected chi connectivity index (χ4v) is 3.60. The Balaban J connectivity index is 1.58. The zero-order valence-corrected chi connectivity index (χ0v) is 16.2. The van der Waals surface area contributed by atoms with E-state index in [2.05, 4.69) is 37.4 Å². The Bertz CT molecular complexity index is 1220. The van der Waals surface area contributed by atoms with Crippen LogP contribution in [0.1, 0.15) is 18.9 Å². The average Bonchev–Trinajstić information content (AvgIpc) is 3.53. The highest BCUT2D eigenvalue weighted by molar-refractivity contribution is 5.85. The average molecular weight is 400 g/mol. The molecular formula is C21H20N8O. The van der Waals surface area contributed by atoms with E-state index >= 15 is 0 Å². The van der Waals surface area contributed by atoms with Crippen molar-refractivity contribution in [1.82, 2.24) is 29.7 Å². The normalized spacial score (nSPS) is 16.0. The second-order valence-electron chi connectivity index (χ2n) is 7.13. The van der Waals surface area contributed by atoms with Gasteiger partial charge in [-0.05, 0) is 24.6 Å². The molecule has 1 aliphatic heterocycles. The van der Waals surface area contributed by atoms with Crippen molar-refractivity contribution >= 4 is 17.0 Å². The van der Waals surface area contributed by atoms with Crippen molar-refractivity contribution in [3.63, 3.8) is 0 Å². The van der Waals surface area contributed by atoms with E-state index < -0.39 is 0 Å². The summed E-state index contributed by atoms with van der Waals surface area (Å²) >= 11 is 0. The van der Waals surface area contributed by atoms with Gasteiger partial charge in [0.25, 0.3) is 0 Å². The number of hydrogen-bond acceptors (Lipinski definition) is 7. The molecule has 0 radical (unpaired) electrons. The highest BCUT2D eigenvalue weighted by Crippen LogP contribution is 2.33. The molecule has 150 valence electrons. The number of fused-ring (bicyclic) bond motifs is 1. The Morgan fingerprint density at radius 1 is 1.33 bits per heavy atom. The summed E-state index contributed by atoms with van der Waals surface area (Å²) in [6, 6.07) is 8.26. The topological polar surface area (TPSA) is 117 Å². The third-order valence-corrected chi connectivity index (χ3v) is 5.14. The lowest BCUT2D eigenvalue weighted by molar-refractivity contribution is 0.184. The number of H-pyrrole nitrogens is 1. The molecule has 0 amide bonds. The second kappa shape index (κ2) is 7.93. The lowest BCUT2D eigenvalue weighted by Crippen LogP contribution is -2.09. The summed E-state index contributed by atoms with van der Waals surface area (Å²) in [6.07, 6.45) is 8.76. The number of ether oxygens (including phenoxy) is 1. The number of rotatable bonds is 6. The van der Waals surface area contributed by atoms with Gasteiger partial charge < -0.3 is 15.0 Å². The van der Waals surface area contributed by atoms with E-state index in [1.807, 2.05) is 35.4 Å². The van der Waals surface area contributed by atoms with Crippen LogP contribution < -0.4 is 5.32 Å². The molecule has 1 atom stereocenters. The molecule has 1 aliphatic rings. The standard InChI is InChI=1S/C21H20N8O/c22-5-1-6-24-21-25-8-3-18(27-21)17-12-29(16-4-9-30-13-16)28-19(17)15-10-14-2-7-23-20(14)26-11-15/h2-3,7-8,10-12,16H,1,4,6,9,13H2,(H,23,26)(H,24,25,27)/t16-/m1/s1. The lowest BCUT2D eigenvalue weighted by atomic mass is 10.1. The Kier molecular flexibility index (Phi) is 4.83. The molecule has 0 saturated carbocycles. The zero-order valence-electron chi connectivity index (χ0n) is 16.2. The Morgan fingerprint density at radius 2 is 2.30 bits per heavy atom. The maximum Gasteiger partial charge on any atom is 0.223 e. The third kappa shape index (κ3) is 3.49. The van der Waals surface area contributed by atoms with Gasteiger partial charge in [0.2, 0.25) is 5.95 Å². The molecule has 5 heterocycles. The summed E-state index contributed by atoms with van der Waals surface area (Å²) in [6.45, 7) is 1.90. The molecular weight excluding hydrogens is 380 g/mol. The number of hydrogen-bond donors (Lipinski definition) is 2. The zero-order chi connectivity index (χ0) is 20.3. The number of nitrogens with zero attached hydrogens (tertiary/aromatic N) is 6. The van der Waals surface area contributed by atoms with Crippen molar-refractivity contribution in [2.45, 2.75) is 18.9 Å². The molecule has 0 aromatic carbocycles. The molecule has 0 unspecified atom stereocenters. The smallest absolute Gasteiger partial charge is 0.223 e. The summed E-state index contributed by atoms with van der Waals surface area (Å²) in [5.74, 6) is 0.491. The Hall–Kier alpha value is -3.77. The van der Waals surface area contributed by atoms with Gasteiger partial charge in [-0.3, -0.25) is 4.68 Å². The van der Waals surface area contributed by atoms with Gasteiger partial charge in [-0.1, -0.05) is 0 Å². The van der Waals surface area contributed by atoms with Gasteiger partial charge >= 0.3 is 0 Å². The highest BCUT2D eigenvalue weighted by Gasteiger charge is 2.23. The van der Waals surface area contributed by atoms with Crippen molar-refractivity contribution in [2.24, 2.45) is 0 Å². The largest absolute Gasteiger partial charge is 0.379 e. The number of pyridine rings is 1. The molecule has 30 heavy (non-hydrogen) atoms. The van der Waals surface area contributed by atoms with E-state index in [0.717, 1.165) is 46.6 Å². The molecule has 4 aromatic rings. The SMILES string of the molecule is N#CCCNc1nccc(-c2cn([C@@H]3CCOC3)nc2-c2cnc3[nH]ccc3c2)n1. The van der Waals surface area contributed by atoms with Crippen LogP contribution in [-0.4, -0.2) is 49.5 Å². The van der Waals surface area contributed by atoms with Crippen molar-refractivity contribution in [1.29, 1.82) is 5.26 Å². The third-order valence-electron chi connectivity index (χ3n) is 5.14. The molecule has 1 fully saturated rings. The minimum absolute atomic E-state index is 0.205. The van der Waals surface area contributed by atoms with Crippen LogP contribution in [0.25, 0.3) is 33.5 Å². The summed E-state index contributed by atoms with van der Waals surface area (Å²) in [5, 5.41) is 17.8. The quantitative estimate of drug-likeness (QED) is 0.477. The molecule has 2 N–H and O–H groups in total. The molecule has 0 spiro atoms. The highest BCUT2D eigenvalue weighted by atomic mass is 16.5. The van der Waals surface area contributed by atoms with Crippen LogP contribution in [-0.2, 0) is 4.74 Å². The van der Waals surface area contributed by atoms with Gasteiger partial charge in [0, 0.05) is 54.5 Å². The number of anilines is 1. The molecule has 1 saturated heterocycles. The minimum atomic E-state index is 0.205. The predicted molar refractivity (Wildman–Crippen MR) is 112 cm³/mol. The van der Waals surface area contributed by atoms with E-state index in [1.165, 1.54) is 0 Å². The monoisotopic (exact) mass is 400 g/mol. The van der Waals surface area contributed by atoms with E-state index in [1.54, 1.807) is 6.20 Å². The molecule has 0 aliphatic carbocycles. The van der Waals surface area contributed by atoms with E-state index in [-0.39, 0.29) is 6.04 Å². The molecule has 0 bridgehead atoms. The van der Waals surface area contributed by atoms with Crippen LogP contribution in [0.2, 0.25) is 0 Å². The number of aromatic amines is 1. The van der Waals surface area contributed by atoms with Gasteiger partial charge in [-0.25, -0.2) is 15.0 Å². The summed E-state index contributed by atoms with van der Waals surface area (Å²) in [4.78, 5) is 16.6. The minimum Gasteiger partial charge on any atom is -0.379 e. The Morgan fingerprint density at radius 3 is 3.17 bits per heavy atom. The Labute approximate surface area is 172 Å². The summed E-state index contributed by atoms with van der Waals surface area (Å²) in [5.41, 5.74) is 4.25. The summed E-state index contributed by atoms with van der Waals surface area (Å²) in [7, 11) is 0. The van der Waals surface area contributed by atoms with Gasteiger partial charge in [0.05, 0.1) is 30.8 Å². The van der Waals surface area contributed by atoms with E-state index in [4.69, 9.17) is 15.1 Å². The fourth-order valence-electron chi connectivity index (χ4n) is 3.60. The second-order valence-corrected chi connectivity index (χ2v) is 7.13. The first kappa shape index (κ1) is 18.3. The predicted octanol–water partition coefficient (Wildman–Crippen LogP) is 3.17. The number of nitrogens with one attached hydrogen (secondary N) is 2. The van der Waals surface area contributed by atoms with Crippen molar-refractivity contribution < 1.29 is 4.74 Å². The van der Waals surface area contributed by atoms with E-state index in [9.17, 15) is 0 Å². The fraction of sp³-hybridized carbons (Fsp3) is 0.286. The molecule has 4 aromatic heterocycles. The first-order valence-electron chi connectivity index (χ1n) is 9.86. The van der Waals surface area contributed by atoms with Crippen molar-refractivity contribution in [3.05, 3.63) is 43.0 Å². The molecule has 5 rings (SSSR count). The first-order valence-corrected chi connectivity index (χ1v) is 9.86. The number of nitriles is 1. The van der Waals surface area contributed by atoms with Crippen LogP contribution in [0.3, 0.4) is 0 Å². The lowest BCUT2D eigenvalue weighted by Gasteiger charge is -2.07. The van der Waals surface area contributed by atoms with Crippen molar-refractivity contribution in [2.75, 3.05) is 25.1 Å².